The second-order valence-electron chi connectivity index (χ2n) is 7.39. The van der Waals surface area contributed by atoms with E-state index in [-0.39, 0.29) is 18.2 Å². The Morgan fingerprint density at radius 1 is 1.32 bits per heavy atom. The summed E-state index contributed by atoms with van der Waals surface area (Å²) in [5.41, 5.74) is 0.688. The van der Waals surface area contributed by atoms with E-state index in [1.54, 1.807) is 13.2 Å². The largest absolute Gasteiger partial charge is 0.494 e. The number of alkyl halides is 3. The van der Waals surface area contributed by atoms with Crippen LogP contribution in [0.5, 0.6) is 5.75 Å². The van der Waals surface area contributed by atoms with Gasteiger partial charge in [0.15, 0.2) is 5.13 Å². The first-order valence-corrected chi connectivity index (χ1v) is 10.6. The maximum absolute atomic E-state index is 13.4. The highest BCUT2D eigenvalue weighted by molar-refractivity contribution is 7.22. The van der Waals surface area contributed by atoms with E-state index in [0.29, 0.717) is 23.0 Å². The molecule has 4 rings (SSSR count). The summed E-state index contributed by atoms with van der Waals surface area (Å²) in [5.74, 6) is 0.0314. The van der Waals surface area contributed by atoms with E-state index in [2.05, 4.69) is 4.98 Å². The molecule has 1 unspecified atom stereocenters. The van der Waals surface area contributed by atoms with Crippen LogP contribution in [0.3, 0.4) is 0 Å². The fourth-order valence-corrected chi connectivity index (χ4v) is 4.66. The number of amides is 1. The summed E-state index contributed by atoms with van der Waals surface area (Å²) in [5, 5.41) is 0.403. The average Bonchev–Trinajstić information content (AvgIpc) is 3.42. The molecule has 2 heterocycles. The third-order valence-electron chi connectivity index (χ3n) is 5.24. The van der Waals surface area contributed by atoms with Crippen molar-refractivity contribution < 1.29 is 27.4 Å². The van der Waals surface area contributed by atoms with E-state index in [1.807, 2.05) is 13.0 Å². The first-order valence-electron chi connectivity index (χ1n) is 9.83. The zero-order chi connectivity index (χ0) is 22.2. The first-order chi connectivity index (χ1) is 14.8. The highest BCUT2D eigenvalue weighted by Crippen LogP contribution is 2.37. The number of halogens is 3. The molecule has 0 N–H and O–H groups in total. The van der Waals surface area contributed by atoms with Crippen molar-refractivity contribution in [3.05, 3.63) is 53.1 Å². The Labute approximate surface area is 181 Å². The number of rotatable bonds is 5. The van der Waals surface area contributed by atoms with Gasteiger partial charge in [-0.2, -0.15) is 13.2 Å². The van der Waals surface area contributed by atoms with Crippen LogP contribution in [-0.2, 0) is 10.9 Å². The minimum Gasteiger partial charge on any atom is -0.494 e. The summed E-state index contributed by atoms with van der Waals surface area (Å²) in [4.78, 5) is 19.4. The number of anilines is 1. The topological polar surface area (TPSA) is 51.7 Å². The smallest absolute Gasteiger partial charge is 0.416 e. The number of nitrogens with zero attached hydrogens (tertiary/aromatic N) is 2. The quantitative estimate of drug-likeness (QED) is 0.518. The second kappa shape index (κ2) is 8.47. The highest BCUT2D eigenvalue weighted by Gasteiger charge is 2.33. The molecule has 1 atom stereocenters. The lowest BCUT2D eigenvalue weighted by atomic mass is 10.1. The number of thiazole rings is 1. The van der Waals surface area contributed by atoms with Crippen LogP contribution in [0, 0.1) is 6.92 Å². The first kappa shape index (κ1) is 21.6. The Morgan fingerprint density at radius 2 is 2.13 bits per heavy atom. The predicted molar refractivity (Wildman–Crippen MR) is 113 cm³/mol. The van der Waals surface area contributed by atoms with Gasteiger partial charge in [0.25, 0.3) is 5.91 Å². The van der Waals surface area contributed by atoms with Crippen molar-refractivity contribution in [2.45, 2.75) is 32.0 Å². The minimum atomic E-state index is -4.53. The Balaban J connectivity index is 1.77. The molecule has 1 fully saturated rings. The van der Waals surface area contributed by atoms with Crippen molar-refractivity contribution in [2.75, 3.05) is 25.2 Å². The van der Waals surface area contributed by atoms with E-state index in [0.717, 1.165) is 35.2 Å². The molecule has 3 aromatic rings. The number of carbonyl (C=O) groups excluding carboxylic acids is 1. The van der Waals surface area contributed by atoms with Crippen molar-refractivity contribution in [1.29, 1.82) is 0 Å². The molecular formula is C22H21F3N2O3S. The normalized spacial score (nSPS) is 16.6. The maximum Gasteiger partial charge on any atom is 0.416 e. The van der Waals surface area contributed by atoms with Gasteiger partial charge in [0, 0.05) is 12.2 Å². The van der Waals surface area contributed by atoms with Crippen LogP contribution < -0.4 is 9.64 Å². The van der Waals surface area contributed by atoms with E-state index >= 15 is 0 Å². The molecule has 1 saturated heterocycles. The Bertz CT molecular complexity index is 1110. The molecule has 1 aliphatic heterocycles. The number of hydrogen-bond donors (Lipinski definition) is 0. The number of methoxy groups -OCH3 is 1. The molecule has 31 heavy (non-hydrogen) atoms. The van der Waals surface area contributed by atoms with E-state index < -0.39 is 17.6 Å². The van der Waals surface area contributed by atoms with Gasteiger partial charge in [0.05, 0.1) is 30.0 Å². The van der Waals surface area contributed by atoms with Gasteiger partial charge in [-0.1, -0.05) is 23.5 Å². The van der Waals surface area contributed by atoms with Gasteiger partial charge in [0.2, 0.25) is 0 Å². The molecule has 9 heteroatoms. The molecule has 5 nitrogen and oxygen atoms in total. The van der Waals surface area contributed by atoms with Crippen molar-refractivity contribution in [3.63, 3.8) is 0 Å². The predicted octanol–water partition coefficient (Wildman–Crippen LogP) is 5.46. The van der Waals surface area contributed by atoms with E-state index in [1.165, 1.54) is 28.4 Å². The molecular weight excluding hydrogens is 429 g/mol. The van der Waals surface area contributed by atoms with Crippen LogP contribution >= 0.6 is 11.3 Å². The fraction of sp³-hybridized carbons (Fsp3) is 0.364. The third kappa shape index (κ3) is 4.38. The minimum absolute atomic E-state index is 0.0456. The summed E-state index contributed by atoms with van der Waals surface area (Å²) in [6.45, 7) is 2.75. The molecule has 1 amide bonds. The van der Waals surface area contributed by atoms with Gasteiger partial charge in [-0.3, -0.25) is 9.69 Å². The van der Waals surface area contributed by atoms with E-state index in [9.17, 15) is 18.0 Å². The average molecular weight is 450 g/mol. The van der Waals surface area contributed by atoms with Gasteiger partial charge < -0.3 is 9.47 Å². The lowest BCUT2D eigenvalue weighted by Crippen LogP contribution is -2.37. The van der Waals surface area contributed by atoms with Crippen LogP contribution in [0.4, 0.5) is 18.3 Å². The molecule has 164 valence electrons. The molecule has 0 saturated carbocycles. The van der Waals surface area contributed by atoms with E-state index in [4.69, 9.17) is 9.47 Å². The summed E-state index contributed by atoms with van der Waals surface area (Å²) in [7, 11) is 1.54. The van der Waals surface area contributed by atoms with Gasteiger partial charge in [-0.25, -0.2) is 4.98 Å². The molecule has 1 aliphatic rings. The monoisotopic (exact) mass is 450 g/mol. The molecule has 0 aliphatic carbocycles. The van der Waals surface area contributed by atoms with Gasteiger partial charge in [-0.05, 0) is 49.6 Å². The number of ether oxygens (including phenoxy) is 2. The molecule has 0 radical (unpaired) electrons. The zero-order valence-corrected chi connectivity index (χ0v) is 17.8. The number of carbonyl (C=O) groups is 1. The van der Waals surface area contributed by atoms with Gasteiger partial charge >= 0.3 is 6.18 Å². The second-order valence-corrected chi connectivity index (χ2v) is 8.37. The SMILES string of the molecule is COc1ccc(C)c2sc(N(CC3CCCO3)C(=O)c3cccc(C(F)(F)F)c3)nc12. The fourth-order valence-electron chi connectivity index (χ4n) is 3.60. The number of aromatic nitrogens is 1. The van der Waals surface area contributed by atoms with Crippen LogP contribution in [0.1, 0.15) is 34.3 Å². The van der Waals surface area contributed by atoms with Crippen LogP contribution in [0.25, 0.3) is 10.2 Å². The van der Waals surface area contributed by atoms with Crippen LogP contribution in [0.15, 0.2) is 36.4 Å². The number of hydrogen-bond acceptors (Lipinski definition) is 5. The van der Waals surface area contributed by atoms with Crippen molar-refractivity contribution >= 4 is 32.6 Å². The van der Waals surface area contributed by atoms with Crippen molar-refractivity contribution in [3.8, 4) is 5.75 Å². The standard InChI is InChI=1S/C22H21F3N2O3S/c1-13-8-9-17(29-2)18-19(13)31-21(26-18)27(12-16-7-4-10-30-16)20(28)14-5-3-6-15(11-14)22(23,24)25/h3,5-6,8-9,11,16H,4,7,10,12H2,1-2H3. The summed E-state index contributed by atoms with van der Waals surface area (Å²) < 4.78 is 51.5. The van der Waals surface area contributed by atoms with Gasteiger partial charge in [0.1, 0.15) is 11.3 Å². The van der Waals surface area contributed by atoms with Crippen molar-refractivity contribution in [2.24, 2.45) is 0 Å². The van der Waals surface area contributed by atoms with Gasteiger partial charge in [-0.15, -0.1) is 0 Å². The van der Waals surface area contributed by atoms with Crippen molar-refractivity contribution in [1.82, 2.24) is 4.98 Å². The van der Waals surface area contributed by atoms with Crippen LogP contribution in [-0.4, -0.2) is 37.3 Å². The Kier molecular flexibility index (Phi) is 5.90. The number of fused-ring (bicyclic) bond motifs is 1. The molecule has 2 aromatic carbocycles. The lowest BCUT2D eigenvalue weighted by Gasteiger charge is -2.23. The highest BCUT2D eigenvalue weighted by atomic mass is 32.1. The summed E-state index contributed by atoms with van der Waals surface area (Å²) in [6.07, 6.45) is -3.07. The third-order valence-corrected chi connectivity index (χ3v) is 6.45. The summed E-state index contributed by atoms with van der Waals surface area (Å²) >= 11 is 1.31. The molecule has 1 aromatic heterocycles. The van der Waals surface area contributed by atoms with Crippen LogP contribution in [0.2, 0.25) is 0 Å². The summed E-state index contributed by atoms with van der Waals surface area (Å²) in [6, 6.07) is 8.17. The lowest BCUT2D eigenvalue weighted by molar-refractivity contribution is -0.137. The Morgan fingerprint density at radius 3 is 2.81 bits per heavy atom. The molecule has 0 bridgehead atoms. The molecule has 0 spiro atoms. The Hall–Kier alpha value is -2.65. The number of benzene rings is 2. The maximum atomic E-state index is 13.4. The zero-order valence-electron chi connectivity index (χ0n) is 17.0. The number of aryl methyl sites for hydroxylation is 1.